The summed E-state index contributed by atoms with van der Waals surface area (Å²) in [6, 6.07) is 7.82. The van der Waals surface area contributed by atoms with Gasteiger partial charge in [0.2, 0.25) is 0 Å². The molecule has 1 N–H and O–H groups in total. The third-order valence-electron chi connectivity index (χ3n) is 5.18. The standard InChI is InChI=1S/C19H20FN5/c1-11-8-17(25-19(23-11)21-10-22-25)24-18(13-4-5-13)14-6-7-15(12-2-3-12)16(20)9-14/h6-10,12-13,18,24H,2-5H2,1H3/t18-/m1/s1. The van der Waals surface area contributed by atoms with Crippen LogP contribution in [0.3, 0.4) is 0 Å². The number of aromatic nitrogens is 4. The molecular weight excluding hydrogens is 317 g/mol. The van der Waals surface area contributed by atoms with E-state index in [2.05, 4.69) is 26.4 Å². The Bertz CT molecular complexity index is 942. The van der Waals surface area contributed by atoms with Crippen LogP contribution in [-0.2, 0) is 0 Å². The van der Waals surface area contributed by atoms with Crippen molar-refractivity contribution in [3.63, 3.8) is 0 Å². The SMILES string of the molecule is Cc1cc(N[C@@H](c2ccc(C3CC3)c(F)c2)C2CC2)n2ncnc2n1. The average molecular weight is 337 g/mol. The van der Waals surface area contributed by atoms with Crippen molar-refractivity contribution in [3.05, 3.63) is 53.2 Å². The summed E-state index contributed by atoms with van der Waals surface area (Å²) < 4.78 is 16.2. The molecule has 2 heterocycles. The summed E-state index contributed by atoms with van der Waals surface area (Å²) in [5, 5.41) is 7.83. The van der Waals surface area contributed by atoms with Gasteiger partial charge in [-0.05, 0) is 61.6 Å². The number of aryl methyl sites for hydroxylation is 1. The molecule has 25 heavy (non-hydrogen) atoms. The summed E-state index contributed by atoms with van der Waals surface area (Å²) in [6.07, 6.45) is 6.05. The van der Waals surface area contributed by atoms with Crippen molar-refractivity contribution in [1.82, 2.24) is 19.6 Å². The molecule has 3 aromatic rings. The number of benzene rings is 1. The smallest absolute Gasteiger partial charge is 0.254 e. The Labute approximate surface area is 145 Å². The third-order valence-corrected chi connectivity index (χ3v) is 5.18. The highest BCUT2D eigenvalue weighted by molar-refractivity contribution is 5.47. The van der Waals surface area contributed by atoms with Gasteiger partial charge in [-0.1, -0.05) is 12.1 Å². The first kappa shape index (κ1) is 14.8. The fourth-order valence-corrected chi connectivity index (χ4v) is 3.56. The topological polar surface area (TPSA) is 55.1 Å². The quantitative estimate of drug-likeness (QED) is 0.764. The van der Waals surface area contributed by atoms with Gasteiger partial charge >= 0.3 is 0 Å². The number of nitrogens with one attached hydrogen (secondary N) is 1. The van der Waals surface area contributed by atoms with E-state index in [-0.39, 0.29) is 11.9 Å². The molecule has 2 saturated carbocycles. The fourth-order valence-electron chi connectivity index (χ4n) is 3.56. The van der Waals surface area contributed by atoms with Crippen LogP contribution in [0.25, 0.3) is 5.78 Å². The Morgan fingerprint density at radius 3 is 2.76 bits per heavy atom. The minimum absolute atomic E-state index is 0.0655. The number of hydrogen-bond donors (Lipinski definition) is 1. The average Bonchev–Trinajstić information content (AvgIpc) is 3.50. The van der Waals surface area contributed by atoms with Crippen molar-refractivity contribution in [2.24, 2.45) is 5.92 Å². The van der Waals surface area contributed by atoms with Gasteiger partial charge in [0.15, 0.2) is 0 Å². The number of fused-ring (bicyclic) bond motifs is 1. The predicted octanol–water partition coefficient (Wildman–Crippen LogP) is 4.01. The normalized spacial score (nSPS) is 18.5. The van der Waals surface area contributed by atoms with Crippen LogP contribution < -0.4 is 5.32 Å². The molecule has 128 valence electrons. The zero-order chi connectivity index (χ0) is 17.0. The van der Waals surface area contributed by atoms with E-state index in [4.69, 9.17) is 0 Å². The molecule has 1 aromatic carbocycles. The van der Waals surface area contributed by atoms with Crippen LogP contribution in [0.2, 0.25) is 0 Å². The molecule has 0 amide bonds. The summed E-state index contributed by atoms with van der Waals surface area (Å²) in [6.45, 7) is 1.94. The van der Waals surface area contributed by atoms with E-state index in [0.29, 0.717) is 17.6 Å². The molecule has 1 atom stereocenters. The number of rotatable bonds is 5. The van der Waals surface area contributed by atoms with E-state index < -0.39 is 0 Å². The Morgan fingerprint density at radius 2 is 2.04 bits per heavy atom. The van der Waals surface area contributed by atoms with Crippen LogP contribution >= 0.6 is 0 Å². The molecule has 0 unspecified atom stereocenters. The van der Waals surface area contributed by atoms with Crippen LogP contribution in [0, 0.1) is 18.7 Å². The second-order valence-electron chi connectivity index (χ2n) is 7.27. The van der Waals surface area contributed by atoms with E-state index >= 15 is 0 Å². The van der Waals surface area contributed by atoms with Crippen LogP contribution in [0.15, 0.2) is 30.6 Å². The maximum absolute atomic E-state index is 14.5. The molecular formula is C19H20FN5. The molecule has 5 rings (SSSR count). The lowest BCUT2D eigenvalue weighted by Gasteiger charge is -2.21. The molecule has 5 nitrogen and oxygen atoms in total. The van der Waals surface area contributed by atoms with Crippen LogP contribution in [-0.4, -0.2) is 19.6 Å². The number of anilines is 1. The molecule has 6 heteroatoms. The van der Waals surface area contributed by atoms with E-state index in [1.165, 1.54) is 6.33 Å². The van der Waals surface area contributed by atoms with E-state index in [1.807, 2.05) is 19.1 Å². The summed E-state index contributed by atoms with van der Waals surface area (Å²) in [4.78, 5) is 8.55. The summed E-state index contributed by atoms with van der Waals surface area (Å²) in [7, 11) is 0. The van der Waals surface area contributed by atoms with Crippen molar-refractivity contribution < 1.29 is 4.39 Å². The molecule has 2 aliphatic rings. The highest BCUT2D eigenvalue weighted by Gasteiger charge is 2.34. The molecule has 2 aromatic heterocycles. The lowest BCUT2D eigenvalue weighted by Crippen LogP contribution is -2.16. The Kier molecular flexibility index (Phi) is 3.26. The van der Waals surface area contributed by atoms with Gasteiger partial charge in [0.25, 0.3) is 5.78 Å². The highest BCUT2D eigenvalue weighted by Crippen LogP contribution is 2.45. The molecule has 0 saturated heterocycles. The maximum Gasteiger partial charge on any atom is 0.254 e. The molecule has 2 aliphatic carbocycles. The van der Waals surface area contributed by atoms with Gasteiger partial charge in [-0.2, -0.15) is 14.6 Å². The van der Waals surface area contributed by atoms with Crippen molar-refractivity contribution in [3.8, 4) is 0 Å². The van der Waals surface area contributed by atoms with Crippen LogP contribution in [0.1, 0.15) is 54.5 Å². The third kappa shape index (κ3) is 2.75. The first-order valence-corrected chi connectivity index (χ1v) is 8.92. The van der Waals surface area contributed by atoms with Gasteiger partial charge in [0.05, 0.1) is 6.04 Å². The molecule has 0 aliphatic heterocycles. The van der Waals surface area contributed by atoms with Gasteiger partial charge in [0.1, 0.15) is 18.0 Å². The van der Waals surface area contributed by atoms with E-state index in [0.717, 1.165) is 48.3 Å². The zero-order valence-corrected chi connectivity index (χ0v) is 14.1. The second kappa shape index (κ2) is 5.51. The minimum atomic E-state index is -0.0655. The van der Waals surface area contributed by atoms with E-state index in [9.17, 15) is 4.39 Å². The lowest BCUT2D eigenvalue weighted by atomic mass is 9.99. The predicted molar refractivity (Wildman–Crippen MR) is 93.0 cm³/mol. The van der Waals surface area contributed by atoms with Gasteiger partial charge in [-0.3, -0.25) is 0 Å². The summed E-state index contributed by atoms with van der Waals surface area (Å²) in [5.41, 5.74) is 2.76. The van der Waals surface area contributed by atoms with Gasteiger partial charge in [0, 0.05) is 11.8 Å². The lowest BCUT2D eigenvalue weighted by molar-refractivity contribution is 0.599. The minimum Gasteiger partial charge on any atom is -0.363 e. The Morgan fingerprint density at radius 1 is 1.20 bits per heavy atom. The first-order valence-electron chi connectivity index (χ1n) is 8.92. The fraction of sp³-hybridized carbons (Fsp3) is 0.421. The van der Waals surface area contributed by atoms with Gasteiger partial charge in [-0.25, -0.2) is 9.37 Å². The van der Waals surface area contributed by atoms with Crippen molar-refractivity contribution >= 4 is 11.6 Å². The monoisotopic (exact) mass is 337 g/mol. The van der Waals surface area contributed by atoms with Gasteiger partial charge < -0.3 is 5.32 Å². The summed E-state index contributed by atoms with van der Waals surface area (Å²) in [5.74, 6) is 2.32. The van der Waals surface area contributed by atoms with Crippen LogP contribution in [0.5, 0.6) is 0 Å². The number of nitrogens with zero attached hydrogens (tertiary/aromatic N) is 4. The molecule has 0 radical (unpaired) electrons. The highest BCUT2D eigenvalue weighted by atomic mass is 19.1. The van der Waals surface area contributed by atoms with Gasteiger partial charge in [-0.15, -0.1) is 0 Å². The molecule has 0 bridgehead atoms. The number of halogens is 1. The van der Waals surface area contributed by atoms with Crippen molar-refractivity contribution in [2.75, 3.05) is 5.32 Å². The first-order chi connectivity index (χ1) is 12.2. The number of hydrogen-bond acceptors (Lipinski definition) is 4. The second-order valence-corrected chi connectivity index (χ2v) is 7.27. The Balaban J connectivity index is 1.51. The van der Waals surface area contributed by atoms with Crippen molar-refractivity contribution in [2.45, 2.75) is 44.6 Å². The zero-order valence-electron chi connectivity index (χ0n) is 14.1. The summed E-state index contributed by atoms with van der Waals surface area (Å²) >= 11 is 0. The Hall–Kier alpha value is -2.50. The van der Waals surface area contributed by atoms with E-state index in [1.54, 1.807) is 10.6 Å². The molecule has 2 fully saturated rings. The molecule has 0 spiro atoms. The largest absolute Gasteiger partial charge is 0.363 e. The maximum atomic E-state index is 14.5. The van der Waals surface area contributed by atoms with Crippen molar-refractivity contribution in [1.29, 1.82) is 0 Å². The van der Waals surface area contributed by atoms with Crippen LogP contribution in [0.4, 0.5) is 10.2 Å².